The van der Waals surface area contributed by atoms with Gasteiger partial charge in [0.25, 0.3) is 0 Å². The molecule has 0 spiro atoms. The first-order valence-electron chi connectivity index (χ1n) is 12.6. The molecule has 0 saturated carbocycles. The molecule has 0 unspecified atom stereocenters. The van der Waals surface area contributed by atoms with Crippen molar-refractivity contribution in [3.8, 4) is 0 Å². The van der Waals surface area contributed by atoms with Crippen molar-refractivity contribution in [2.75, 3.05) is 31.6 Å². The molecule has 2 aliphatic heterocycles. The molecule has 0 aliphatic carbocycles. The Morgan fingerprint density at radius 1 is 0.917 bits per heavy atom. The molecule has 5 nitrogen and oxygen atoms in total. The number of anilines is 1. The number of nitrogens with zero attached hydrogens (tertiary/aromatic N) is 2. The molecule has 0 radical (unpaired) electrons. The fourth-order valence-electron chi connectivity index (χ4n) is 5.47. The van der Waals surface area contributed by atoms with Crippen molar-refractivity contribution < 1.29 is 14.3 Å². The Balaban J connectivity index is 1.31. The number of urea groups is 1. The SMILES string of the molecule is O=C(Nc1ccccc1F)N1CCCCN2[C@H](CO)[C@H](c3ccc(/C=C/c4ccccc4)cc3)[C@@H]2C1. The summed E-state index contributed by atoms with van der Waals surface area (Å²) in [4.78, 5) is 17.2. The van der Waals surface area contributed by atoms with Crippen molar-refractivity contribution in [3.63, 3.8) is 0 Å². The molecule has 6 heteroatoms. The maximum Gasteiger partial charge on any atom is 0.321 e. The van der Waals surface area contributed by atoms with Crippen LogP contribution in [0.1, 0.15) is 35.4 Å². The van der Waals surface area contributed by atoms with Gasteiger partial charge in [-0.15, -0.1) is 0 Å². The number of carbonyl (C=O) groups excluding carboxylic acids is 1. The topological polar surface area (TPSA) is 55.8 Å². The zero-order valence-corrected chi connectivity index (χ0v) is 20.3. The van der Waals surface area contributed by atoms with E-state index in [0.717, 1.165) is 30.5 Å². The molecule has 2 amide bonds. The highest BCUT2D eigenvalue weighted by atomic mass is 19.1. The molecule has 2 saturated heterocycles. The number of para-hydroxylation sites is 1. The van der Waals surface area contributed by atoms with Crippen molar-refractivity contribution in [3.05, 3.63) is 101 Å². The fourth-order valence-corrected chi connectivity index (χ4v) is 5.47. The van der Waals surface area contributed by atoms with E-state index in [-0.39, 0.29) is 36.3 Å². The van der Waals surface area contributed by atoms with Gasteiger partial charge in [-0.25, -0.2) is 9.18 Å². The van der Waals surface area contributed by atoms with E-state index in [1.54, 1.807) is 23.1 Å². The summed E-state index contributed by atoms with van der Waals surface area (Å²) in [6.45, 7) is 2.16. The number of nitrogens with one attached hydrogen (secondary N) is 1. The lowest BCUT2D eigenvalue weighted by atomic mass is 9.74. The lowest BCUT2D eigenvalue weighted by molar-refractivity contribution is -0.0585. The summed E-state index contributed by atoms with van der Waals surface area (Å²) in [6, 6.07) is 24.8. The third-order valence-corrected chi connectivity index (χ3v) is 7.36. The van der Waals surface area contributed by atoms with E-state index in [0.29, 0.717) is 13.1 Å². The van der Waals surface area contributed by atoms with E-state index in [1.807, 2.05) is 18.2 Å². The molecule has 5 rings (SSSR count). The van der Waals surface area contributed by atoms with Crippen LogP contribution < -0.4 is 5.32 Å². The van der Waals surface area contributed by atoms with Crippen molar-refractivity contribution in [2.45, 2.75) is 30.8 Å². The number of fused-ring (bicyclic) bond motifs is 1. The van der Waals surface area contributed by atoms with Crippen LogP contribution in [0.25, 0.3) is 12.2 Å². The Morgan fingerprint density at radius 3 is 2.31 bits per heavy atom. The zero-order chi connectivity index (χ0) is 24.9. The Labute approximate surface area is 211 Å². The average molecular weight is 486 g/mol. The molecule has 36 heavy (non-hydrogen) atoms. The van der Waals surface area contributed by atoms with Gasteiger partial charge in [0.1, 0.15) is 5.82 Å². The highest BCUT2D eigenvalue weighted by Crippen LogP contribution is 2.42. The molecule has 2 heterocycles. The molecule has 0 aromatic heterocycles. The highest BCUT2D eigenvalue weighted by Gasteiger charge is 2.49. The van der Waals surface area contributed by atoms with Crippen LogP contribution in [0.3, 0.4) is 0 Å². The Bertz CT molecular complexity index is 1200. The van der Waals surface area contributed by atoms with E-state index >= 15 is 0 Å². The number of rotatable bonds is 5. The number of carbonyl (C=O) groups is 1. The summed E-state index contributed by atoms with van der Waals surface area (Å²) >= 11 is 0. The van der Waals surface area contributed by atoms with Crippen molar-refractivity contribution in [1.82, 2.24) is 9.80 Å². The number of amides is 2. The highest BCUT2D eigenvalue weighted by molar-refractivity contribution is 5.89. The van der Waals surface area contributed by atoms with Gasteiger partial charge in [0.15, 0.2) is 0 Å². The summed E-state index contributed by atoms with van der Waals surface area (Å²) in [5, 5.41) is 12.9. The zero-order valence-electron chi connectivity index (χ0n) is 20.3. The van der Waals surface area contributed by atoms with Crippen LogP contribution in [0.15, 0.2) is 78.9 Å². The van der Waals surface area contributed by atoms with E-state index < -0.39 is 5.82 Å². The van der Waals surface area contributed by atoms with E-state index in [9.17, 15) is 14.3 Å². The minimum atomic E-state index is -0.442. The van der Waals surface area contributed by atoms with Crippen LogP contribution in [-0.2, 0) is 0 Å². The van der Waals surface area contributed by atoms with Crippen LogP contribution in [0.2, 0.25) is 0 Å². The molecular formula is C30H32FN3O2. The molecule has 2 fully saturated rings. The van der Waals surface area contributed by atoms with Crippen LogP contribution in [0.4, 0.5) is 14.9 Å². The first kappa shape index (κ1) is 24.2. The molecule has 3 aromatic carbocycles. The first-order valence-corrected chi connectivity index (χ1v) is 12.6. The molecule has 0 bridgehead atoms. The van der Waals surface area contributed by atoms with Crippen molar-refractivity contribution >= 4 is 23.9 Å². The van der Waals surface area contributed by atoms with Gasteiger partial charge in [0, 0.05) is 31.1 Å². The first-order chi connectivity index (χ1) is 17.6. The van der Waals surface area contributed by atoms with E-state index in [2.05, 4.69) is 58.8 Å². The summed E-state index contributed by atoms with van der Waals surface area (Å²) in [7, 11) is 0. The Morgan fingerprint density at radius 2 is 1.58 bits per heavy atom. The fraction of sp³-hybridized carbons (Fsp3) is 0.300. The van der Waals surface area contributed by atoms with Crippen LogP contribution in [0, 0.1) is 5.82 Å². The molecule has 2 N–H and O–H groups in total. The quantitative estimate of drug-likeness (QED) is 0.473. The van der Waals surface area contributed by atoms with Crippen LogP contribution >= 0.6 is 0 Å². The van der Waals surface area contributed by atoms with Crippen molar-refractivity contribution in [2.24, 2.45) is 0 Å². The molecule has 2 aliphatic rings. The predicted molar refractivity (Wildman–Crippen MR) is 142 cm³/mol. The van der Waals surface area contributed by atoms with Gasteiger partial charge in [0.2, 0.25) is 0 Å². The van der Waals surface area contributed by atoms with Gasteiger partial charge < -0.3 is 15.3 Å². The van der Waals surface area contributed by atoms with Gasteiger partial charge in [0.05, 0.1) is 12.3 Å². The summed E-state index contributed by atoms with van der Waals surface area (Å²) < 4.78 is 14.1. The van der Waals surface area contributed by atoms with Crippen LogP contribution in [-0.4, -0.2) is 59.3 Å². The Kier molecular flexibility index (Phi) is 7.44. The average Bonchev–Trinajstić information content (AvgIpc) is 2.89. The standard InChI is InChI=1S/C30H32FN3O2/c31-25-10-4-5-11-26(25)32-30(36)33-18-6-7-19-34-27(20-33)29(28(34)21-35)24-16-14-23(15-17-24)13-12-22-8-2-1-3-9-22/h1-5,8-17,27-29,35H,6-7,18-21H2,(H,32,36)/b13-12+/t27-,28+,29+/m0/s1. The number of hydrogen-bond donors (Lipinski definition) is 2. The lowest BCUT2D eigenvalue weighted by Gasteiger charge is -2.57. The van der Waals surface area contributed by atoms with Crippen molar-refractivity contribution in [1.29, 1.82) is 0 Å². The normalized spacial score (nSPS) is 22.4. The second-order valence-corrected chi connectivity index (χ2v) is 9.55. The summed E-state index contributed by atoms with van der Waals surface area (Å²) in [6.07, 6.45) is 6.02. The largest absolute Gasteiger partial charge is 0.395 e. The molecular weight excluding hydrogens is 453 g/mol. The number of aliphatic hydroxyl groups is 1. The number of aliphatic hydroxyl groups excluding tert-OH is 1. The lowest BCUT2D eigenvalue weighted by Crippen LogP contribution is -2.68. The van der Waals surface area contributed by atoms with E-state index in [4.69, 9.17) is 0 Å². The van der Waals surface area contributed by atoms with E-state index in [1.165, 1.54) is 11.6 Å². The molecule has 3 aromatic rings. The van der Waals surface area contributed by atoms with Gasteiger partial charge in [-0.05, 0) is 48.2 Å². The minimum Gasteiger partial charge on any atom is -0.395 e. The maximum absolute atomic E-state index is 14.1. The second kappa shape index (κ2) is 11.1. The third kappa shape index (κ3) is 5.20. The molecule has 3 atom stereocenters. The molecule has 186 valence electrons. The Hall–Kier alpha value is -3.48. The summed E-state index contributed by atoms with van der Waals surface area (Å²) in [5.74, 6) is -0.313. The monoisotopic (exact) mass is 485 g/mol. The van der Waals surface area contributed by atoms with Gasteiger partial charge in [-0.3, -0.25) is 4.90 Å². The smallest absolute Gasteiger partial charge is 0.321 e. The minimum absolute atomic E-state index is 0.0373. The predicted octanol–water partition coefficient (Wildman–Crippen LogP) is 5.45. The number of hydrogen-bond acceptors (Lipinski definition) is 3. The number of halogens is 1. The second-order valence-electron chi connectivity index (χ2n) is 9.55. The maximum atomic E-state index is 14.1. The number of benzene rings is 3. The van der Waals surface area contributed by atoms with Crippen LogP contribution in [0.5, 0.6) is 0 Å². The van der Waals surface area contributed by atoms with Gasteiger partial charge >= 0.3 is 6.03 Å². The van der Waals surface area contributed by atoms with Gasteiger partial charge in [-0.1, -0.05) is 78.9 Å². The van der Waals surface area contributed by atoms with Gasteiger partial charge in [-0.2, -0.15) is 0 Å². The summed E-state index contributed by atoms with van der Waals surface area (Å²) in [5.41, 5.74) is 3.63. The third-order valence-electron chi connectivity index (χ3n) is 7.36.